The number of benzene rings is 4. The molecule has 4 heteroatoms. The molecule has 1 N–H and O–H groups in total. The van der Waals surface area contributed by atoms with Crippen LogP contribution in [0.25, 0.3) is 0 Å². The lowest BCUT2D eigenvalue weighted by molar-refractivity contribution is 0.118. The van der Waals surface area contributed by atoms with Crippen LogP contribution in [0.2, 0.25) is 0 Å². The van der Waals surface area contributed by atoms with Crippen LogP contribution in [0.4, 0.5) is 0 Å². The van der Waals surface area contributed by atoms with Gasteiger partial charge in [0.15, 0.2) is 0 Å². The molecule has 202 valence electrons. The van der Waals surface area contributed by atoms with Gasteiger partial charge in [0.1, 0.15) is 0 Å². The van der Waals surface area contributed by atoms with Gasteiger partial charge in [-0.05, 0) is 46.7 Å². The Kier molecular flexibility index (Phi) is 9.23. The maximum absolute atomic E-state index is 5.89. The third-order valence-corrected chi connectivity index (χ3v) is 7.91. The van der Waals surface area contributed by atoms with Gasteiger partial charge in [0.05, 0.1) is 25.4 Å². The van der Waals surface area contributed by atoms with E-state index >= 15 is 0 Å². The molecular formula is C35H40N2O2. The highest BCUT2D eigenvalue weighted by Gasteiger charge is 2.47. The summed E-state index contributed by atoms with van der Waals surface area (Å²) in [6, 6.07) is 40.3. The van der Waals surface area contributed by atoms with E-state index in [-0.39, 0.29) is 6.04 Å². The summed E-state index contributed by atoms with van der Waals surface area (Å²) < 4.78 is 11.0. The molecule has 0 spiro atoms. The zero-order valence-electron chi connectivity index (χ0n) is 23.2. The lowest BCUT2D eigenvalue weighted by Crippen LogP contribution is -2.46. The van der Waals surface area contributed by atoms with Crippen LogP contribution >= 0.6 is 0 Å². The van der Waals surface area contributed by atoms with Crippen molar-refractivity contribution < 1.29 is 9.47 Å². The molecule has 0 aliphatic carbocycles. The predicted molar refractivity (Wildman–Crippen MR) is 159 cm³/mol. The molecule has 5 rings (SSSR count). The van der Waals surface area contributed by atoms with E-state index in [1.807, 2.05) is 0 Å². The van der Waals surface area contributed by atoms with Crippen molar-refractivity contribution in [2.45, 2.75) is 31.5 Å². The van der Waals surface area contributed by atoms with Gasteiger partial charge in [-0.1, -0.05) is 109 Å². The Morgan fingerprint density at radius 1 is 0.744 bits per heavy atom. The summed E-state index contributed by atoms with van der Waals surface area (Å²) in [7, 11) is 1.72. The van der Waals surface area contributed by atoms with Crippen molar-refractivity contribution in [2.24, 2.45) is 0 Å². The summed E-state index contributed by atoms with van der Waals surface area (Å²) >= 11 is 0. The van der Waals surface area contributed by atoms with Crippen LogP contribution in [0.15, 0.2) is 109 Å². The van der Waals surface area contributed by atoms with Gasteiger partial charge in [0.25, 0.3) is 0 Å². The molecule has 0 saturated heterocycles. The van der Waals surface area contributed by atoms with Crippen LogP contribution < -0.4 is 5.32 Å². The summed E-state index contributed by atoms with van der Waals surface area (Å²) in [5, 5.41) is 3.33. The molecule has 0 saturated carbocycles. The SMILES string of the molecule is COCCNCCOCCc1ccc2c(c1)CN(C(c1ccccc1)(c1ccccc1)c1ccccc1)[C@H]2C. The molecule has 1 aliphatic rings. The fourth-order valence-electron chi connectivity index (χ4n) is 6.03. The average Bonchev–Trinajstić information content (AvgIpc) is 3.32. The second-order valence-corrected chi connectivity index (χ2v) is 10.3. The minimum Gasteiger partial charge on any atom is -0.383 e. The molecule has 1 aliphatic heterocycles. The molecule has 39 heavy (non-hydrogen) atoms. The van der Waals surface area contributed by atoms with Crippen LogP contribution in [-0.2, 0) is 28.0 Å². The van der Waals surface area contributed by atoms with Gasteiger partial charge in [-0.25, -0.2) is 0 Å². The van der Waals surface area contributed by atoms with Gasteiger partial charge in [-0.3, -0.25) is 4.90 Å². The quantitative estimate of drug-likeness (QED) is 0.165. The number of nitrogens with zero attached hydrogens (tertiary/aromatic N) is 1. The normalized spacial score (nSPS) is 15.4. The van der Waals surface area contributed by atoms with Crippen LogP contribution in [-0.4, -0.2) is 44.9 Å². The van der Waals surface area contributed by atoms with E-state index in [1.165, 1.54) is 33.4 Å². The molecule has 0 unspecified atom stereocenters. The van der Waals surface area contributed by atoms with Crippen molar-refractivity contribution in [3.63, 3.8) is 0 Å². The van der Waals surface area contributed by atoms with Gasteiger partial charge in [-0.2, -0.15) is 0 Å². The molecule has 0 aromatic heterocycles. The molecule has 1 heterocycles. The summed E-state index contributed by atoms with van der Waals surface area (Å²) in [5.74, 6) is 0. The van der Waals surface area contributed by atoms with E-state index in [2.05, 4.69) is 126 Å². The van der Waals surface area contributed by atoms with E-state index in [0.29, 0.717) is 6.61 Å². The Hall–Kier alpha value is -3.28. The maximum Gasteiger partial charge on any atom is 0.0980 e. The zero-order chi connectivity index (χ0) is 26.9. The first-order valence-corrected chi connectivity index (χ1v) is 14.1. The van der Waals surface area contributed by atoms with Crippen LogP contribution in [0.3, 0.4) is 0 Å². The highest BCUT2D eigenvalue weighted by atomic mass is 16.5. The molecule has 0 radical (unpaired) electrons. The second-order valence-electron chi connectivity index (χ2n) is 10.3. The highest BCUT2D eigenvalue weighted by molar-refractivity contribution is 5.52. The van der Waals surface area contributed by atoms with Gasteiger partial charge < -0.3 is 14.8 Å². The molecule has 1 atom stereocenters. The minimum atomic E-state index is -0.415. The van der Waals surface area contributed by atoms with Crippen molar-refractivity contribution in [1.29, 1.82) is 0 Å². The Bertz CT molecular complexity index is 1200. The van der Waals surface area contributed by atoms with E-state index in [4.69, 9.17) is 9.47 Å². The molecule has 0 fully saturated rings. The van der Waals surface area contributed by atoms with Gasteiger partial charge >= 0.3 is 0 Å². The number of nitrogens with one attached hydrogen (secondary N) is 1. The minimum absolute atomic E-state index is 0.254. The highest BCUT2D eigenvalue weighted by Crippen LogP contribution is 2.50. The Morgan fingerprint density at radius 2 is 1.31 bits per heavy atom. The lowest BCUT2D eigenvalue weighted by atomic mass is 9.75. The summed E-state index contributed by atoms with van der Waals surface area (Å²) in [6.07, 6.45) is 0.918. The van der Waals surface area contributed by atoms with Crippen LogP contribution in [0.1, 0.15) is 46.3 Å². The van der Waals surface area contributed by atoms with E-state index in [1.54, 1.807) is 7.11 Å². The molecule has 4 aromatic rings. The van der Waals surface area contributed by atoms with Crippen LogP contribution in [0.5, 0.6) is 0 Å². The van der Waals surface area contributed by atoms with E-state index in [9.17, 15) is 0 Å². The zero-order valence-corrected chi connectivity index (χ0v) is 23.2. The second kappa shape index (κ2) is 13.2. The third-order valence-electron chi connectivity index (χ3n) is 7.91. The summed E-state index contributed by atoms with van der Waals surface area (Å²) in [4.78, 5) is 2.68. The van der Waals surface area contributed by atoms with Crippen molar-refractivity contribution in [2.75, 3.05) is 40.0 Å². The molecule has 0 amide bonds. The number of rotatable bonds is 13. The van der Waals surface area contributed by atoms with Crippen molar-refractivity contribution in [3.05, 3.63) is 143 Å². The first-order chi connectivity index (χ1) is 19.2. The van der Waals surface area contributed by atoms with Crippen molar-refractivity contribution in [3.8, 4) is 0 Å². The first kappa shape index (κ1) is 27.3. The van der Waals surface area contributed by atoms with Gasteiger partial charge in [0, 0.05) is 32.8 Å². The number of methoxy groups -OCH3 is 1. The topological polar surface area (TPSA) is 33.7 Å². The average molecular weight is 521 g/mol. The molecular weight excluding hydrogens is 480 g/mol. The van der Waals surface area contributed by atoms with E-state index < -0.39 is 5.54 Å². The molecule has 4 nitrogen and oxygen atoms in total. The van der Waals surface area contributed by atoms with Crippen LogP contribution in [0, 0.1) is 0 Å². The monoisotopic (exact) mass is 520 g/mol. The summed E-state index contributed by atoms with van der Waals surface area (Å²) in [5.41, 5.74) is 7.60. The Morgan fingerprint density at radius 3 is 1.87 bits per heavy atom. The third kappa shape index (κ3) is 5.85. The predicted octanol–water partition coefficient (Wildman–Crippen LogP) is 6.35. The number of ether oxygens (including phenoxy) is 2. The largest absolute Gasteiger partial charge is 0.383 e. The Labute approximate surface area is 233 Å². The first-order valence-electron chi connectivity index (χ1n) is 14.1. The van der Waals surface area contributed by atoms with Crippen molar-refractivity contribution >= 4 is 0 Å². The van der Waals surface area contributed by atoms with Crippen molar-refractivity contribution in [1.82, 2.24) is 10.2 Å². The van der Waals surface area contributed by atoms with E-state index in [0.717, 1.165) is 39.3 Å². The fourth-order valence-corrected chi connectivity index (χ4v) is 6.03. The molecule has 0 bridgehead atoms. The Balaban J connectivity index is 1.42. The number of hydrogen-bond acceptors (Lipinski definition) is 4. The lowest BCUT2D eigenvalue weighted by Gasteiger charge is -2.46. The number of hydrogen-bond donors (Lipinski definition) is 1. The summed E-state index contributed by atoms with van der Waals surface area (Å²) in [6.45, 7) is 7.11. The smallest absolute Gasteiger partial charge is 0.0980 e. The number of fused-ring (bicyclic) bond motifs is 1. The maximum atomic E-state index is 5.89. The van der Waals surface area contributed by atoms with Gasteiger partial charge in [0.2, 0.25) is 0 Å². The standard InChI is InChI=1S/C35H40N2O2/c1-28-34-19-18-29(20-23-39-25-22-36-21-24-38-2)26-30(34)27-37(28)35(31-12-6-3-7-13-31,32-14-8-4-9-15-32)33-16-10-5-11-17-33/h3-19,26,28,36H,20-25,27H2,1-2H3/t28-/m0/s1. The molecule has 4 aromatic carbocycles. The van der Waals surface area contributed by atoms with Gasteiger partial charge in [-0.15, -0.1) is 0 Å². The fraction of sp³-hybridized carbons (Fsp3) is 0.314.